The summed E-state index contributed by atoms with van der Waals surface area (Å²) in [6.45, 7) is -0.502. The van der Waals surface area contributed by atoms with Crippen molar-refractivity contribution in [2.24, 2.45) is 0 Å². The molecule has 0 spiro atoms. The summed E-state index contributed by atoms with van der Waals surface area (Å²) < 4.78 is 23.4. The summed E-state index contributed by atoms with van der Waals surface area (Å²) in [5.74, 6) is -0.630. The number of rotatable bonds is 8. The van der Waals surface area contributed by atoms with E-state index in [1.807, 2.05) is 0 Å². The lowest BCUT2D eigenvalue weighted by atomic mass is 10.2. The van der Waals surface area contributed by atoms with Gasteiger partial charge in [-0.3, -0.25) is 14.4 Å². The molecule has 7 nitrogen and oxygen atoms in total. The maximum absolute atomic E-state index is 12.9. The Morgan fingerprint density at radius 1 is 1.15 bits per heavy atom. The molecule has 2 rings (SSSR count). The third-order valence-electron chi connectivity index (χ3n) is 3.61. The predicted octanol–water partition coefficient (Wildman–Crippen LogP) is 2.12. The highest BCUT2D eigenvalue weighted by Gasteiger charge is 2.15. The number of nitrogens with zero attached hydrogens (tertiary/aromatic N) is 1. The molecule has 0 aliphatic carbocycles. The van der Waals surface area contributed by atoms with E-state index in [4.69, 9.17) is 9.47 Å². The number of likely N-dealkylation sites (N-methyl/N-ethyl adjacent to an activating group) is 1. The van der Waals surface area contributed by atoms with Crippen LogP contribution in [0.15, 0.2) is 42.5 Å². The lowest BCUT2D eigenvalue weighted by Crippen LogP contribution is -2.37. The molecular formula is C19H19FN2O5. The fourth-order valence-electron chi connectivity index (χ4n) is 2.16. The molecule has 2 aromatic rings. The quantitative estimate of drug-likeness (QED) is 0.716. The smallest absolute Gasteiger partial charge is 0.260 e. The zero-order chi connectivity index (χ0) is 19.8. The number of aldehydes is 1. The predicted molar refractivity (Wildman–Crippen MR) is 96.5 cm³/mol. The highest BCUT2D eigenvalue weighted by molar-refractivity contribution is 5.94. The van der Waals surface area contributed by atoms with Crippen molar-refractivity contribution in [1.29, 1.82) is 0 Å². The van der Waals surface area contributed by atoms with Crippen LogP contribution in [0.5, 0.6) is 11.5 Å². The van der Waals surface area contributed by atoms with Crippen molar-refractivity contribution in [1.82, 2.24) is 4.90 Å². The number of hydrogen-bond acceptors (Lipinski definition) is 5. The number of benzene rings is 2. The van der Waals surface area contributed by atoms with Crippen molar-refractivity contribution in [2.75, 3.05) is 32.6 Å². The van der Waals surface area contributed by atoms with Crippen LogP contribution in [-0.2, 0) is 9.59 Å². The molecular weight excluding hydrogens is 355 g/mol. The maximum atomic E-state index is 12.9. The fourth-order valence-corrected chi connectivity index (χ4v) is 2.16. The maximum Gasteiger partial charge on any atom is 0.260 e. The topological polar surface area (TPSA) is 84.9 Å². The molecule has 0 saturated heterocycles. The summed E-state index contributed by atoms with van der Waals surface area (Å²) in [6, 6.07) is 9.85. The number of carbonyl (C=O) groups is 3. The normalized spacial score (nSPS) is 10.0. The number of ether oxygens (including phenoxy) is 2. The van der Waals surface area contributed by atoms with E-state index in [2.05, 4.69) is 5.32 Å². The zero-order valence-electron chi connectivity index (χ0n) is 14.9. The van der Waals surface area contributed by atoms with E-state index in [0.29, 0.717) is 29.0 Å². The molecule has 1 N–H and O–H groups in total. The minimum atomic E-state index is -0.426. The molecule has 0 unspecified atom stereocenters. The summed E-state index contributed by atoms with van der Waals surface area (Å²) in [5, 5.41) is 2.57. The van der Waals surface area contributed by atoms with Crippen LogP contribution in [0.25, 0.3) is 0 Å². The van der Waals surface area contributed by atoms with Crippen molar-refractivity contribution < 1.29 is 28.2 Å². The van der Waals surface area contributed by atoms with Crippen molar-refractivity contribution in [2.45, 2.75) is 0 Å². The highest BCUT2D eigenvalue weighted by Crippen LogP contribution is 2.27. The number of amides is 2. The number of halogens is 1. The lowest BCUT2D eigenvalue weighted by Gasteiger charge is -2.18. The lowest BCUT2D eigenvalue weighted by molar-refractivity contribution is -0.135. The third-order valence-corrected chi connectivity index (χ3v) is 3.61. The molecule has 0 aliphatic heterocycles. The van der Waals surface area contributed by atoms with Gasteiger partial charge in [-0.25, -0.2) is 4.39 Å². The van der Waals surface area contributed by atoms with Gasteiger partial charge in [-0.05, 0) is 42.5 Å². The van der Waals surface area contributed by atoms with E-state index in [0.717, 1.165) is 0 Å². The summed E-state index contributed by atoms with van der Waals surface area (Å²) >= 11 is 0. The van der Waals surface area contributed by atoms with Crippen LogP contribution in [0.2, 0.25) is 0 Å². The van der Waals surface area contributed by atoms with Crippen LogP contribution in [0.1, 0.15) is 10.4 Å². The van der Waals surface area contributed by atoms with Crippen LogP contribution in [0, 0.1) is 5.82 Å². The second kappa shape index (κ2) is 9.33. The van der Waals surface area contributed by atoms with Gasteiger partial charge < -0.3 is 19.7 Å². The summed E-state index contributed by atoms with van der Waals surface area (Å²) in [5.41, 5.74) is 0.846. The van der Waals surface area contributed by atoms with Crippen LogP contribution in [-0.4, -0.2) is 50.3 Å². The standard InChI is InChI=1S/C19H19FN2O5/c1-22(10-18(24)21-15-6-4-14(20)5-7-15)19(25)12-27-16-8-3-13(11-23)9-17(16)26-2/h3-9,11H,10,12H2,1-2H3,(H,21,24). The molecule has 0 aliphatic rings. The van der Waals surface area contributed by atoms with E-state index in [1.54, 1.807) is 0 Å². The van der Waals surface area contributed by atoms with Crippen molar-refractivity contribution in [3.63, 3.8) is 0 Å². The van der Waals surface area contributed by atoms with Crippen LogP contribution < -0.4 is 14.8 Å². The van der Waals surface area contributed by atoms with Crippen LogP contribution >= 0.6 is 0 Å². The molecule has 8 heteroatoms. The molecule has 142 valence electrons. The molecule has 2 aromatic carbocycles. The molecule has 0 heterocycles. The number of hydrogen-bond donors (Lipinski definition) is 1. The SMILES string of the molecule is COc1cc(C=O)ccc1OCC(=O)N(C)CC(=O)Nc1ccc(F)cc1. The largest absolute Gasteiger partial charge is 0.493 e. The number of methoxy groups -OCH3 is 1. The Morgan fingerprint density at radius 2 is 1.85 bits per heavy atom. The average molecular weight is 374 g/mol. The molecule has 0 saturated carbocycles. The van der Waals surface area contributed by atoms with Gasteiger partial charge in [0.25, 0.3) is 5.91 Å². The molecule has 2 amide bonds. The summed E-state index contributed by atoms with van der Waals surface area (Å²) in [7, 11) is 2.88. The van der Waals surface area contributed by atoms with Crippen LogP contribution in [0.3, 0.4) is 0 Å². The fraction of sp³-hybridized carbons (Fsp3) is 0.211. The Balaban J connectivity index is 1.87. The van der Waals surface area contributed by atoms with Crippen molar-refractivity contribution in [3.05, 3.63) is 53.8 Å². The minimum Gasteiger partial charge on any atom is -0.493 e. The average Bonchev–Trinajstić information content (AvgIpc) is 2.67. The Kier molecular flexibility index (Phi) is 6.87. The Hall–Kier alpha value is -3.42. The van der Waals surface area contributed by atoms with Gasteiger partial charge in [0.15, 0.2) is 18.1 Å². The van der Waals surface area contributed by atoms with Crippen molar-refractivity contribution >= 4 is 23.8 Å². The molecule has 0 radical (unpaired) electrons. The van der Waals surface area contributed by atoms with E-state index in [1.165, 1.54) is 61.5 Å². The van der Waals surface area contributed by atoms with E-state index in [9.17, 15) is 18.8 Å². The van der Waals surface area contributed by atoms with Gasteiger partial charge in [0.2, 0.25) is 5.91 Å². The minimum absolute atomic E-state index is 0.194. The molecule has 0 atom stereocenters. The highest BCUT2D eigenvalue weighted by atomic mass is 19.1. The monoisotopic (exact) mass is 374 g/mol. The number of carbonyl (C=O) groups excluding carboxylic acids is 3. The van der Waals surface area contributed by atoms with Gasteiger partial charge in [-0.15, -0.1) is 0 Å². The molecule has 0 fully saturated rings. The molecule has 27 heavy (non-hydrogen) atoms. The van der Waals surface area contributed by atoms with Gasteiger partial charge in [-0.2, -0.15) is 0 Å². The van der Waals surface area contributed by atoms with Gasteiger partial charge >= 0.3 is 0 Å². The Labute approximate surface area is 155 Å². The number of nitrogens with one attached hydrogen (secondary N) is 1. The van der Waals surface area contributed by atoms with Gasteiger partial charge in [0.05, 0.1) is 13.7 Å². The van der Waals surface area contributed by atoms with Gasteiger partial charge in [0, 0.05) is 18.3 Å². The Bertz CT molecular complexity index is 823. The van der Waals surface area contributed by atoms with Crippen LogP contribution in [0.4, 0.5) is 10.1 Å². The first-order valence-electron chi connectivity index (χ1n) is 7.98. The van der Waals surface area contributed by atoms with Gasteiger partial charge in [0.1, 0.15) is 12.1 Å². The number of anilines is 1. The summed E-state index contributed by atoms with van der Waals surface area (Å²) in [4.78, 5) is 36.1. The first kappa shape index (κ1) is 19.9. The molecule has 0 bridgehead atoms. The van der Waals surface area contributed by atoms with E-state index < -0.39 is 17.6 Å². The zero-order valence-corrected chi connectivity index (χ0v) is 14.9. The van der Waals surface area contributed by atoms with Gasteiger partial charge in [-0.1, -0.05) is 0 Å². The molecule has 0 aromatic heterocycles. The summed E-state index contributed by atoms with van der Waals surface area (Å²) in [6.07, 6.45) is 0.672. The second-order valence-electron chi connectivity index (χ2n) is 5.62. The first-order valence-corrected chi connectivity index (χ1v) is 7.98. The second-order valence-corrected chi connectivity index (χ2v) is 5.62. The first-order chi connectivity index (χ1) is 12.9. The third kappa shape index (κ3) is 5.81. The van der Waals surface area contributed by atoms with E-state index in [-0.39, 0.29) is 13.2 Å². The van der Waals surface area contributed by atoms with E-state index >= 15 is 0 Å². The Morgan fingerprint density at radius 3 is 2.48 bits per heavy atom. The van der Waals surface area contributed by atoms with Crippen molar-refractivity contribution in [3.8, 4) is 11.5 Å².